The maximum atomic E-state index is 13.0. The Kier molecular flexibility index (Phi) is 9.21. The summed E-state index contributed by atoms with van der Waals surface area (Å²) >= 11 is 0. The van der Waals surface area contributed by atoms with Crippen LogP contribution in [-0.2, 0) is 14.3 Å². The van der Waals surface area contributed by atoms with Crippen LogP contribution in [0.4, 0.5) is 22.0 Å². The Morgan fingerprint density at radius 3 is 2.08 bits per heavy atom. The summed E-state index contributed by atoms with van der Waals surface area (Å²) in [5, 5.41) is 1.46. The Morgan fingerprint density at radius 2 is 1.62 bits per heavy atom. The fraction of sp³-hybridized carbons (Fsp3) is 0.867. The first-order valence-corrected chi connectivity index (χ1v) is 7.85. The lowest BCUT2D eigenvalue weighted by molar-refractivity contribution is -0.270. The highest BCUT2D eigenvalue weighted by molar-refractivity contribution is 5.89. The van der Waals surface area contributed by atoms with Crippen molar-refractivity contribution in [3.8, 4) is 0 Å². The number of esters is 1. The van der Waals surface area contributed by atoms with Gasteiger partial charge < -0.3 is 10.1 Å². The molecule has 0 bridgehead atoms. The SMILES string of the molecule is CCCCCCOC(=O)C(CC(C)C)NC(=O)C(F)(F)C(F)(F)F. The van der Waals surface area contributed by atoms with E-state index >= 15 is 0 Å². The van der Waals surface area contributed by atoms with Crippen LogP contribution in [0.2, 0.25) is 0 Å². The number of rotatable bonds is 10. The molecule has 0 rings (SSSR count). The summed E-state index contributed by atoms with van der Waals surface area (Å²) in [7, 11) is 0. The van der Waals surface area contributed by atoms with Gasteiger partial charge in [0.05, 0.1) is 6.61 Å². The molecule has 1 amide bonds. The summed E-state index contributed by atoms with van der Waals surface area (Å²) in [5.41, 5.74) is 0. The maximum Gasteiger partial charge on any atom is 0.463 e. The molecule has 9 heteroatoms. The first-order chi connectivity index (χ1) is 10.9. The van der Waals surface area contributed by atoms with Crippen LogP contribution in [0.25, 0.3) is 0 Å². The lowest BCUT2D eigenvalue weighted by Gasteiger charge is -2.23. The molecule has 142 valence electrons. The smallest absolute Gasteiger partial charge is 0.463 e. The van der Waals surface area contributed by atoms with Crippen LogP contribution >= 0.6 is 0 Å². The predicted molar refractivity (Wildman–Crippen MR) is 77.5 cm³/mol. The van der Waals surface area contributed by atoms with Gasteiger partial charge in [-0.05, 0) is 18.8 Å². The molecule has 0 aromatic rings. The average Bonchev–Trinajstić information content (AvgIpc) is 2.44. The van der Waals surface area contributed by atoms with E-state index in [0.717, 1.165) is 19.3 Å². The van der Waals surface area contributed by atoms with E-state index in [9.17, 15) is 31.5 Å². The zero-order chi connectivity index (χ0) is 19.0. The number of ether oxygens (including phenoxy) is 1. The predicted octanol–water partition coefficient (Wildman–Crippen LogP) is 3.84. The molecule has 0 saturated heterocycles. The zero-order valence-corrected chi connectivity index (χ0v) is 14.0. The Balaban J connectivity index is 4.77. The van der Waals surface area contributed by atoms with Crippen LogP contribution in [0.15, 0.2) is 0 Å². The lowest BCUT2D eigenvalue weighted by atomic mass is 10.0. The van der Waals surface area contributed by atoms with Gasteiger partial charge >= 0.3 is 24.0 Å². The minimum Gasteiger partial charge on any atom is -0.464 e. The molecule has 0 aromatic heterocycles. The lowest BCUT2D eigenvalue weighted by Crippen LogP contribution is -2.55. The minimum absolute atomic E-state index is 0.0267. The van der Waals surface area contributed by atoms with Gasteiger partial charge in [0.1, 0.15) is 6.04 Å². The van der Waals surface area contributed by atoms with Crippen LogP contribution in [0.5, 0.6) is 0 Å². The molecule has 1 N–H and O–H groups in total. The molecule has 1 unspecified atom stereocenters. The number of carbonyl (C=O) groups is 2. The maximum absolute atomic E-state index is 13.0. The molecule has 1 atom stereocenters. The Hall–Kier alpha value is -1.41. The van der Waals surface area contributed by atoms with Crippen molar-refractivity contribution in [3.05, 3.63) is 0 Å². The molecular formula is C15H24F5NO3. The standard InChI is InChI=1S/C15H24F5NO3/c1-4-5-6-7-8-24-12(22)11(9-10(2)3)21-13(23)14(16,17)15(18,19)20/h10-11H,4-9H2,1-3H3,(H,21,23). The fourth-order valence-corrected chi connectivity index (χ4v) is 1.87. The number of halogens is 5. The van der Waals surface area contributed by atoms with Gasteiger partial charge in [-0.3, -0.25) is 4.79 Å². The summed E-state index contributed by atoms with van der Waals surface area (Å²) in [6.07, 6.45) is -2.87. The number of nitrogens with one attached hydrogen (secondary N) is 1. The van der Waals surface area contributed by atoms with Gasteiger partial charge in [-0.25, -0.2) is 4.79 Å². The van der Waals surface area contributed by atoms with Crippen LogP contribution < -0.4 is 5.32 Å². The molecule has 0 aliphatic carbocycles. The number of amides is 1. The quantitative estimate of drug-likeness (QED) is 0.365. The highest BCUT2D eigenvalue weighted by Gasteiger charge is 2.63. The molecule has 0 aliphatic heterocycles. The number of unbranched alkanes of at least 4 members (excludes halogenated alkanes) is 3. The second-order valence-electron chi connectivity index (χ2n) is 5.96. The van der Waals surface area contributed by atoms with Crippen molar-refractivity contribution in [2.75, 3.05) is 6.61 Å². The normalized spacial score (nSPS) is 13.7. The van der Waals surface area contributed by atoms with Crippen molar-refractivity contribution in [2.24, 2.45) is 5.92 Å². The van der Waals surface area contributed by atoms with E-state index in [1.165, 1.54) is 5.32 Å². The number of hydrogen-bond donors (Lipinski definition) is 1. The first-order valence-electron chi connectivity index (χ1n) is 7.85. The Bertz CT molecular complexity index is 410. The third-order valence-corrected chi connectivity index (χ3v) is 3.18. The highest BCUT2D eigenvalue weighted by Crippen LogP contribution is 2.35. The molecule has 0 spiro atoms. The van der Waals surface area contributed by atoms with Crippen LogP contribution in [-0.4, -0.2) is 36.6 Å². The molecule has 0 saturated carbocycles. The summed E-state index contributed by atoms with van der Waals surface area (Å²) < 4.78 is 67.4. The minimum atomic E-state index is -6.02. The van der Waals surface area contributed by atoms with E-state index in [1.54, 1.807) is 13.8 Å². The second kappa shape index (κ2) is 9.78. The molecule has 4 nitrogen and oxygen atoms in total. The van der Waals surface area contributed by atoms with E-state index in [1.807, 2.05) is 6.92 Å². The molecule has 0 aliphatic rings. The zero-order valence-electron chi connectivity index (χ0n) is 14.0. The third kappa shape index (κ3) is 7.44. The van der Waals surface area contributed by atoms with Gasteiger partial charge in [-0.15, -0.1) is 0 Å². The van der Waals surface area contributed by atoms with Crippen molar-refractivity contribution in [3.63, 3.8) is 0 Å². The second-order valence-corrected chi connectivity index (χ2v) is 5.96. The summed E-state index contributed by atoms with van der Waals surface area (Å²) in [4.78, 5) is 23.1. The summed E-state index contributed by atoms with van der Waals surface area (Å²) in [6.45, 7) is 5.28. The van der Waals surface area contributed by atoms with Crippen molar-refractivity contribution in [1.82, 2.24) is 5.32 Å². The van der Waals surface area contributed by atoms with E-state index in [2.05, 4.69) is 0 Å². The molecule has 0 radical (unpaired) electrons. The third-order valence-electron chi connectivity index (χ3n) is 3.18. The largest absolute Gasteiger partial charge is 0.464 e. The molecule has 0 fully saturated rings. The van der Waals surface area contributed by atoms with Gasteiger partial charge in [-0.1, -0.05) is 40.0 Å². The van der Waals surface area contributed by atoms with Gasteiger partial charge in [0.15, 0.2) is 0 Å². The number of alkyl halides is 5. The summed E-state index contributed by atoms with van der Waals surface area (Å²) in [6, 6.07) is -1.54. The fourth-order valence-electron chi connectivity index (χ4n) is 1.87. The van der Waals surface area contributed by atoms with E-state index in [-0.39, 0.29) is 18.9 Å². The Morgan fingerprint density at radius 1 is 1.04 bits per heavy atom. The molecule has 24 heavy (non-hydrogen) atoms. The van der Waals surface area contributed by atoms with Crippen molar-refractivity contribution >= 4 is 11.9 Å². The average molecular weight is 361 g/mol. The monoisotopic (exact) mass is 361 g/mol. The molecule has 0 heterocycles. The molecule has 0 aromatic carbocycles. The van der Waals surface area contributed by atoms with E-state index in [4.69, 9.17) is 4.74 Å². The van der Waals surface area contributed by atoms with Gasteiger partial charge in [0.2, 0.25) is 0 Å². The number of hydrogen-bond acceptors (Lipinski definition) is 3. The highest BCUT2D eigenvalue weighted by atomic mass is 19.4. The van der Waals surface area contributed by atoms with Crippen molar-refractivity contribution in [1.29, 1.82) is 0 Å². The summed E-state index contributed by atoms with van der Waals surface area (Å²) in [5.74, 6) is -9.35. The van der Waals surface area contributed by atoms with Crippen LogP contribution in [0.3, 0.4) is 0 Å². The van der Waals surface area contributed by atoms with E-state index in [0.29, 0.717) is 6.42 Å². The van der Waals surface area contributed by atoms with Gasteiger partial charge in [0.25, 0.3) is 0 Å². The van der Waals surface area contributed by atoms with Gasteiger partial charge in [0, 0.05) is 0 Å². The van der Waals surface area contributed by atoms with Crippen molar-refractivity contribution < 1.29 is 36.3 Å². The number of carbonyl (C=O) groups excluding carboxylic acids is 2. The molecular weight excluding hydrogens is 337 g/mol. The van der Waals surface area contributed by atoms with Crippen LogP contribution in [0, 0.1) is 5.92 Å². The Labute approximate surface area is 138 Å². The van der Waals surface area contributed by atoms with Gasteiger partial charge in [-0.2, -0.15) is 22.0 Å². The van der Waals surface area contributed by atoms with Crippen molar-refractivity contribution in [2.45, 2.75) is 71.0 Å². The van der Waals surface area contributed by atoms with Crippen LogP contribution in [0.1, 0.15) is 52.9 Å². The first kappa shape index (κ1) is 22.6. The van der Waals surface area contributed by atoms with E-state index < -0.39 is 30.0 Å². The topological polar surface area (TPSA) is 55.4 Å².